The number of benzene rings is 2. The molecule has 0 radical (unpaired) electrons. The number of hydrogen-bond acceptors (Lipinski definition) is 7. The second-order valence-corrected chi connectivity index (χ2v) is 8.12. The van der Waals surface area contributed by atoms with Gasteiger partial charge in [-0.3, -0.25) is 0 Å². The minimum absolute atomic E-state index is 0.187. The number of hydrogen-bond donors (Lipinski definition) is 1. The smallest absolute Gasteiger partial charge is 0.340 e. The van der Waals surface area contributed by atoms with Crippen molar-refractivity contribution < 1.29 is 30.9 Å². The van der Waals surface area contributed by atoms with E-state index in [9.17, 15) is 21.9 Å². The number of phenols is 1. The van der Waals surface area contributed by atoms with Crippen molar-refractivity contribution in [2.75, 3.05) is 13.4 Å². The first kappa shape index (κ1) is 17.1. The molecule has 2 rings (SSSR count). The molecule has 0 atom stereocenters. The lowest BCUT2D eigenvalue weighted by Crippen LogP contribution is -2.14. The van der Waals surface area contributed by atoms with E-state index < -0.39 is 24.9 Å². The van der Waals surface area contributed by atoms with Gasteiger partial charge in [-0.25, -0.2) is 8.42 Å². The van der Waals surface area contributed by atoms with E-state index in [0.717, 1.165) is 18.4 Å². The van der Waals surface area contributed by atoms with Crippen LogP contribution in [-0.4, -0.2) is 35.3 Å². The van der Waals surface area contributed by atoms with E-state index in [1.165, 1.54) is 37.4 Å². The molecule has 0 spiro atoms. The van der Waals surface area contributed by atoms with E-state index in [0.29, 0.717) is 0 Å². The summed E-state index contributed by atoms with van der Waals surface area (Å²) in [6, 6.07) is 8.69. The maximum absolute atomic E-state index is 12.4. The summed E-state index contributed by atoms with van der Waals surface area (Å²) in [5.41, 5.74) is 0. The van der Waals surface area contributed by atoms with Gasteiger partial charge in [-0.05, 0) is 12.1 Å². The first-order valence-electron chi connectivity index (χ1n) is 6.25. The largest absolute Gasteiger partial charge is 0.508 e. The normalized spacial score (nSPS) is 11.9. The number of aromatic hydroxyl groups is 1. The first-order chi connectivity index (χ1) is 10.6. The lowest BCUT2D eigenvalue weighted by molar-refractivity contribution is 0.403. The summed E-state index contributed by atoms with van der Waals surface area (Å²) in [4.78, 5) is -0.850. The summed E-state index contributed by atoms with van der Waals surface area (Å²) in [5.74, 6) is -0.275. The maximum atomic E-state index is 12.4. The molecule has 0 saturated heterocycles. The number of phenolic OH excluding ortho intramolecular Hbond substituents is 1. The van der Waals surface area contributed by atoms with Crippen molar-refractivity contribution in [2.24, 2.45) is 0 Å². The van der Waals surface area contributed by atoms with Crippen molar-refractivity contribution in [3.05, 3.63) is 42.5 Å². The average molecular weight is 358 g/mol. The molecule has 0 fully saturated rings. The van der Waals surface area contributed by atoms with Gasteiger partial charge >= 0.3 is 10.1 Å². The second-order valence-electron chi connectivity index (χ2n) is 4.62. The molecule has 0 saturated carbocycles. The van der Waals surface area contributed by atoms with Crippen LogP contribution in [0.25, 0.3) is 0 Å². The van der Waals surface area contributed by atoms with Gasteiger partial charge in [0.05, 0.1) is 12.0 Å². The standard InChI is InChI=1S/C14H14O7S2/c1-20-11-7-10(15)8-12(9-11)21-23(18,19)14-6-4-3-5-13(14)22(2,16)17/h3-9,15H,1-2H3. The van der Waals surface area contributed by atoms with Gasteiger partial charge in [-0.2, -0.15) is 8.42 Å². The fraction of sp³-hybridized carbons (Fsp3) is 0.143. The lowest BCUT2D eigenvalue weighted by atomic mass is 10.3. The number of rotatable bonds is 5. The van der Waals surface area contributed by atoms with Crippen LogP contribution in [0.3, 0.4) is 0 Å². The molecular weight excluding hydrogens is 344 g/mol. The fourth-order valence-corrected chi connectivity index (χ4v) is 4.38. The maximum Gasteiger partial charge on any atom is 0.340 e. The number of sulfone groups is 1. The van der Waals surface area contributed by atoms with E-state index in [1.54, 1.807) is 0 Å². The number of ether oxygens (including phenoxy) is 1. The third kappa shape index (κ3) is 3.93. The Morgan fingerprint density at radius 2 is 1.48 bits per heavy atom. The second kappa shape index (κ2) is 6.09. The molecule has 0 bridgehead atoms. The molecular formula is C14H14O7S2. The van der Waals surface area contributed by atoms with Gasteiger partial charge in [0.2, 0.25) is 0 Å². The Morgan fingerprint density at radius 3 is 2.04 bits per heavy atom. The van der Waals surface area contributed by atoms with E-state index in [-0.39, 0.29) is 22.1 Å². The van der Waals surface area contributed by atoms with E-state index >= 15 is 0 Å². The third-order valence-corrected chi connectivity index (χ3v) is 5.42. The zero-order chi connectivity index (χ0) is 17.3. The van der Waals surface area contributed by atoms with Crippen LogP contribution in [0.15, 0.2) is 52.3 Å². The molecule has 0 aliphatic carbocycles. The van der Waals surface area contributed by atoms with Gasteiger partial charge < -0.3 is 14.0 Å². The topological polar surface area (TPSA) is 107 Å². The highest BCUT2D eigenvalue weighted by Crippen LogP contribution is 2.30. The summed E-state index contributed by atoms with van der Waals surface area (Å²) in [5, 5.41) is 9.53. The molecule has 9 heteroatoms. The summed E-state index contributed by atoms with van der Waals surface area (Å²) in [6.45, 7) is 0. The van der Waals surface area contributed by atoms with Crippen LogP contribution < -0.4 is 8.92 Å². The fourth-order valence-electron chi connectivity index (χ4n) is 1.86. The molecule has 0 heterocycles. The minimum Gasteiger partial charge on any atom is -0.508 e. The Morgan fingerprint density at radius 1 is 0.913 bits per heavy atom. The van der Waals surface area contributed by atoms with Gasteiger partial charge in [0.1, 0.15) is 22.1 Å². The van der Waals surface area contributed by atoms with E-state index in [4.69, 9.17) is 8.92 Å². The Kier molecular flexibility index (Phi) is 4.53. The summed E-state index contributed by atoms with van der Waals surface area (Å²) in [7, 11) is -6.84. The van der Waals surface area contributed by atoms with Crippen LogP contribution in [-0.2, 0) is 20.0 Å². The lowest BCUT2D eigenvalue weighted by Gasteiger charge is -2.11. The van der Waals surface area contributed by atoms with Gasteiger partial charge in [0.15, 0.2) is 9.84 Å². The summed E-state index contributed by atoms with van der Waals surface area (Å²) < 4.78 is 58.0. The molecule has 0 unspecified atom stereocenters. The van der Waals surface area contributed by atoms with Crippen molar-refractivity contribution in [2.45, 2.75) is 9.79 Å². The molecule has 2 aromatic carbocycles. The van der Waals surface area contributed by atoms with E-state index in [2.05, 4.69) is 0 Å². The van der Waals surface area contributed by atoms with Crippen LogP contribution in [0.2, 0.25) is 0 Å². The molecule has 0 aliphatic rings. The van der Waals surface area contributed by atoms with Crippen LogP contribution >= 0.6 is 0 Å². The monoisotopic (exact) mass is 358 g/mol. The molecule has 0 aromatic heterocycles. The van der Waals surface area contributed by atoms with Gasteiger partial charge in [-0.1, -0.05) is 12.1 Å². The molecule has 0 aliphatic heterocycles. The SMILES string of the molecule is COc1cc(O)cc(OS(=O)(=O)c2ccccc2S(C)(=O)=O)c1. The molecule has 124 valence electrons. The van der Waals surface area contributed by atoms with Crippen LogP contribution in [0, 0.1) is 0 Å². The Labute approximate surface area is 134 Å². The van der Waals surface area contributed by atoms with Crippen molar-refractivity contribution >= 4 is 20.0 Å². The quantitative estimate of drug-likeness (QED) is 0.808. The van der Waals surface area contributed by atoms with Gasteiger partial charge in [-0.15, -0.1) is 0 Å². The predicted octanol–water partition coefficient (Wildman–Crippen LogP) is 1.57. The van der Waals surface area contributed by atoms with Crippen molar-refractivity contribution in [3.63, 3.8) is 0 Å². The van der Waals surface area contributed by atoms with Crippen molar-refractivity contribution in [3.8, 4) is 17.2 Å². The molecule has 23 heavy (non-hydrogen) atoms. The zero-order valence-corrected chi connectivity index (χ0v) is 13.9. The number of methoxy groups -OCH3 is 1. The highest BCUT2D eigenvalue weighted by atomic mass is 32.2. The summed E-state index contributed by atoms with van der Waals surface area (Å²) in [6.07, 6.45) is 0.902. The molecule has 2 aromatic rings. The highest BCUT2D eigenvalue weighted by Gasteiger charge is 2.25. The molecule has 0 amide bonds. The highest BCUT2D eigenvalue weighted by molar-refractivity contribution is 7.92. The van der Waals surface area contributed by atoms with E-state index in [1.807, 2.05) is 0 Å². The Balaban J connectivity index is 2.51. The Hall–Kier alpha value is -2.26. The zero-order valence-electron chi connectivity index (χ0n) is 12.3. The molecule has 7 nitrogen and oxygen atoms in total. The summed E-state index contributed by atoms with van der Waals surface area (Å²) >= 11 is 0. The van der Waals surface area contributed by atoms with Crippen LogP contribution in [0.5, 0.6) is 17.2 Å². The van der Waals surface area contributed by atoms with Gasteiger partial charge in [0, 0.05) is 24.5 Å². The van der Waals surface area contributed by atoms with Crippen LogP contribution in [0.4, 0.5) is 0 Å². The molecule has 1 N–H and O–H groups in total. The van der Waals surface area contributed by atoms with Crippen molar-refractivity contribution in [1.82, 2.24) is 0 Å². The average Bonchev–Trinajstić information content (AvgIpc) is 2.45. The first-order valence-corrected chi connectivity index (χ1v) is 9.55. The van der Waals surface area contributed by atoms with Crippen molar-refractivity contribution in [1.29, 1.82) is 0 Å². The Bertz CT molecular complexity index is 931. The van der Waals surface area contributed by atoms with Crippen LogP contribution in [0.1, 0.15) is 0 Å². The minimum atomic E-state index is -4.41. The predicted molar refractivity (Wildman–Crippen MR) is 82.0 cm³/mol. The van der Waals surface area contributed by atoms with Gasteiger partial charge in [0.25, 0.3) is 0 Å². The third-order valence-electron chi connectivity index (χ3n) is 2.82.